The number of aryl methyl sites for hydroxylation is 1. The molecule has 0 amide bonds. The highest BCUT2D eigenvalue weighted by molar-refractivity contribution is 6.30. The van der Waals surface area contributed by atoms with Crippen LogP contribution in [-0.4, -0.2) is 17.6 Å². The van der Waals surface area contributed by atoms with Crippen molar-refractivity contribution in [2.45, 2.75) is 32.1 Å². The molecule has 0 spiro atoms. The molecule has 0 saturated heterocycles. The Morgan fingerprint density at radius 3 is 2.88 bits per heavy atom. The summed E-state index contributed by atoms with van der Waals surface area (Å²) in [5, 5.41) is 0.676. The Morgan fingerprint density at radius 2 is 2.12 bits per heavy atom. The van der Waals surface area contributed by atoms with Gasteiger partial charge < -0.3 is 9.15 Å². The first-order valence-electron chi connectivity index (χ1n) is 8.22. The molecule has 24 heavy (non-hydrogen) atoms. The van der Waals surface area contributed by atoms with Gasteiger partial charge in [0.1, 0.15) is 0 Å². The predicted molar refractivity (Wildman–Crippen MR) is 92.7 cm³/mol. The molecule has 4 nitrogen and oxygen atoms in total. The van der Waals surface area contributed by atoms with Crippen molar-refractivity contribution in [2.75, 3.05) is 6.61 Å². The van der Waals surface area contributed by atoms with Crippen LogP contribution in [0.25, 0.3) is 11.3 Å². The van der Waals surface area contributed by atoms with E-state index in [0.29, 0.717) is 35.6 Å². The topological polar surface area (TPSA) is 52.3 Å². The third-order valence-corrected chi connectivity index (χ3v) is 4.33. The van der Waals surface area contributed by atoms with E-state index in [0.717, 1.165) is 24.8 Å². The third-order valence-electron chi connectivity index (χ3n) is 4.08. The number of carbonyl (C=O) groups excluding carboxylic acids is 1. The summed E-state index contributed by atoms with van der Waals surface area (Å²) in [6, 6.07) is 7.35. The molecule has 0 N–H and O–H groups in total. The Balaban J connectivity index is 1.45. The Labute approximate surface area is 146 Å². The van der Waals surface area contributed by atoms with E-state index in [1.807, 2.05) is 12.1 Å². The second-order valence-electron chi connectivity index (χ2n) is 5.96. The van der Waals surface area contributed by atoms with Gasteiger partial charge in [-0.3, -0.25) is 4.79 Å². The molecule has 1 aliphatic carbocycles. The average Bonchev–Trinajstić information content (AvgIpc) is 3.09. The van der Waals surface area contributed by atoms with E-state index in [1.165, 1.54) is 0 Å². The van der Waals surface area contributed by atoms with Gasteiger partial charge in [-0.1, -0.05) is 23.8 Å². The largest absolute Gasteiger partial charge is 0.465 e. The summed E-state index contributed by atoms with van der Waals surface area (Å²) in [6.07, 6.45) is 9.89. The Morgan fingerprint density at radius 1 is 1.29 bits per heavy atom. The van der Waals surface area contributed by atoms with Crippen molar-refractivity contribution in [1.82, 2.24) is 4.98 Å². The standard InChI is InChI=1S/C19H20ClNO3/c20-16-8-6-15(7-9-16)17-12-21-18(24-17)10-11-19(22)23-13-14-4-2-1-3-5-14/h1-2,6-9,12,14H,3-5,10-11,13H2. The SMILES string of the molecule is O=C(CCc1ncc(-c2ccc(Cl)cc2)o1)OCC1CC=CCC1. The maximum atomic E-state index is 11.8. The Bertz CT molecular complexity index is 706. The van der Waals surface area contributed by atoms with Gasteiger partial charge in [0.05, 0.1) is 19.2 Å². The van der Waals surface area contributed by atoms with Gasteiger partial charge in [0.25, 0.3) is 0 Å². The van der Waals surface area contributed by atoms with Crippen molar-refractivity contribution in [2.24, 2.45) is 5.92 Å². The molecule has 1 heterocycles. The highest BCUT2D eigenvalue weighted by Gasteiger charge is 2.14. The quantitative estimate of drug-likeness (QED) is 0.556. The molecule has 1 aromatic heterocycles. The number of aromatic nitrogens is 1. The fourth-order valence-electron chi connectivity index (χ4n) is 2.67. The number of ether oxygens (including phenoxy) is 1. The average molecular weight is 346 g/mol. The lowest BCUT2D eigenvalue weighted by Gasteiger charge is -2.17. The molecule has 1 atom stereocenters. The van der Waals surface area contributed by atoms with Crippen LogP contribution in [0, 0.1) is 5.92 Å². The Hall–Kier alpha value is -2.07. The molecule has 0 bridgehead atoms. The monoisotopic (exact) mass is 345 g/mol. The van der Waals surface area contributed by atoms with Crippen LogP contribution < -0.4 is 0 Å². The molecule has 1 unspecified atom stereocenters. The number of hydrogen-bond donors (Lipinski definition) is 0. The van der Waals surface area contributed by atoms with E-state index in [9.17, 15) is 4.79 Å². The van der Waals surface area contributed by atoms with Crippen LogP contribution in [0.5, 0.6) is 0 Å². The van der Waals surface area contributed by atoms with E-state index >= 15 is 0 Å². The van der Waals surface area contributed by atoms with Gasteiger partial charge in [0, 0.05) is 17.0 Å². The van der Waals surface area contributed by atoms with E-state index in [1.54, 1.807) is 18.3 Å². The van der Waals surface area contributed by atoms with E-state index in [2.05, 4.69) is 17.1 Å². The zero-order valence-corrected chi connectivity index (χ0v) is 14.2. The molecular formula is C19H20ClNO3. The lowest BCUT2D eigenvalue weighted by Crippen LogP contribution is -2.15. The highest BCUT2D eigenvalue weighted by atomic mass is 35.5. The van der Waals surface area contributed by atoms with Crippen molar-refractivity contribution in [3.63, 3.8) is 0 Å². The van der Waals surface area contributed by atoms with Crippen molar-refractivity contribution >= 4 is 17.6 Å². The molecule has 126 valence electrons. The fraction of sp³-hybridized carbons (Fsp3) is 0.368. The van der Waals surface area contributed by atoms with Gasteiger partial charge in [-0.25, -0.2) is 4.98 Å². The van der Waals surface area contributed by atoms with E-state index in [-0.39, 0.29) is 12.4 Å². The first-order chi connectivity index (χ1) is 11.7. The molecule has 0 fully saturated rings. The predicted octanol–water partition coefficient (Wildman–Crippen LogP) is 4.83. The van der Waals surface area contributed by atoms with Crippen LogP contribution in [0.4, 0.5) is 0 Å². The number of rotatable bonds is 6. The summed E-state index contributed by atoms with van der Waals surface area (Å²) in [6.45, 7) is 0.505. The van der Waals surface area contributed by atoms with Gasteiger partial charge in [-0.15, -0.1) is 0 Å². The van der Waals surface area contributed by atoms with Crippen LogP contribution in [0.1, 0.15) is 31.6 Å². The van der Waals surface area contributed by atoms with Gasteiger partial charge in [0.15, 0.2) is 11.7 Å². The first-order valence-corrected chi connectivity index (χ1v) is 8.60. The Kier molecular flexibility index (Phi) is 5.70. The fourth-order valence-corrected chi connectivity index (χ4v) is 2.80. The van der Waals surface area contributed by atoms with Crippen molar-refractivity contribution in [3.05, 3.63) is 53.5 Å². The molecule has 0 radical (unpaired) electrons. The van der Waals surface area contributed by atoms with Crippen LogP contribution in [0.15, 0.2) is 47.0 Å². The highest BCUT2D eigenvalue weighted by Crippen LogP contribution is 2.23. The third kappa shape index (κ3) is 4.71. The number of oxazole rings is 1. The zero-order valence-electron chi connectivity index (χ0n) is 13.4. The van der Waals surface area contributed by atoms with Crippen LogP contribution in [0.3, 0.4) is 0 Å². The molecule has 1 aliphatic rings. The smallest absolute Gasteiger partial charge is 0.306 e. The number of benzene rings is 1. The minimum Gasteiger partial charge on any atom is -0.465 e. The number of allylic oxidation sites excluding steroid dienone is 2. The summed E-state index contributed by atoms with van der Waals surface area (Å²) in [5.41, 5.74) is 0.908. The number of carbonyl (C=O) groups is 1. The van der Waals surface area contributed by atoms with Crippen LogP contribution in [0.2, 0.25) is 5.02 Å². The maximum Gasteiger partial charge on any atom is 0.306 e. The van der Waals surface area contributed by atoms with E-state index < -0.39 is 0 Å². The summed E-state index contributed by atoms with van der Waals surface area (Å²) in [5.74, 6) is 1.47. The van der Waals surface area contributed by atoms with Gasteiger partial charge >= 0.3 is 5.97 Å². The van der Waals surface area contributed by atoms with Crippen molar-refractivity contribution in [3.8, 4) is 11.3 Å². The molecule has 2 aromatic rings. The minimum atomic E-state index is -0.198. The van der Waals surface area contributed by atoms with Crippen molar-refractivity contribution < 1.29 is 13.9 Å². The summed E-state index contributed by atoms with van der Waals surface area (Å²) in [7, 11) is 0. The number of hydrogen-bond acceptors (Lipinski definition) is 4. The van der Waals surface area contributed by atoms with Gasteiger partial charge in [-0.2, -0.15) is 0 Å². The lowest BCUT2D eigenvalue weighted by atomic mass is 9.95. The summed E-state index contributed by atoms with van der Waals surface area (Å²) >= 11 is 5.87. The molecule has 0 aliphatic heterocycles. The van der Waals surface area contributed by atoms with Gasteiger partial charge in [-0.05, 0) is 49.4 Å². The molecule has 3 rings (SSSR count). The number of halogens is 1. The molecule has 1 aromatic carbocycles. The van der Waals surface area contributed by atoms with E-state index in [4.69, 9.17) is 20.8 Å². The second-order valence-corrected chi connectivity index (χ2v) is 6.40. The summed E-state index contributed by atoms with van der Waals surface area (Å²) in [4.78, 5) is 16.1. The minimum absolute atomic E-state index is 0.198. The zero-order chi connectivity index (χ0) is 16.8. The number of nitrogens with zero attached hydrogens (tertiary/aromatic N) is 1. The molecule has 0 saturated carbocycles. The molecule has 5 heteroatoms. The number of esters is 1. The van der Waals surface area contributed by atoms with Crippen LogP contribution >= 0.6 is 11.6 Å². The second kappa shape index (κ2) is 8.15. The molecular weight excluding hydrogens is 326 g/mol. The first kappa shape index (κ1) is 16.8. The van der Waals surface area contributed by atoms with Gasteiger partial charge in [0.2, 0.25) is 0 Å². The van der Waals surface area contributed by atoms with Crippen LogP contribution in [-0.2, 0) is 16.0 Å². The van der Waals surface area contributed by atoms with Crippen molar-refractivity contribution in [1.29, 1.82) is 0 Å². The lowest BCUT2D eigenvalue weighted by molar-refractivity contribution is -0.145. The summed E-state index contributed by atoms with van der Waals surface area (Å²) < 4.78 is 11.0. The normalized spacial score (nSPS) is 17.0. The maximum absolute atomic E-state index is 11.8.